The minimum absolute atomic E-state index is 0.201. The summed E-state index contributed by atoms with van der Waals surface area (Å²) >= 11 is 5.47. The average Bonchev–Trinajstić information content (AvgIpc) is 2.44. The number of benzene rings is 1. The quantitative estimate of drug-likeness (QED) is 0.873. The zero-order valence-corrected chi connectivity index (χ0v) is 11.5. The van der Waals surface area contributed by atoms with Crippen LogP contribution in [0.2, 0.25) is 0 Å². The first-order chi connectivity index (χ1) is 9.49. The Morgan fingerprint density at radius 2 is 2.05 bits per heavy atom. The molecule has 1 aromatic rings. The van der Waals surface area contributed by atoms with Crippen molar-refractivity contribution in [3.63, 3.8) is 0 Å². The van der Waals surface area contributed by atoms with Crippen LogP contribution in [0.25, 0.3) is 0 Å². The van der Waals surface area contributed by atoms with Crippen LogP contribution >= 0.6 is 11.6 Å². The number of hydrogen-bond acceptors (Lipinski definition) is 2. The van der Waals surface area contributed by atoms with Gasteiger partial charge in [0.2, 0.25) is 5.91 Å². The van der Waals surface area contributed by atoms with Gasteiger partial charge in [0.1, 0.15) is 11.4 Å². The molecule has 1 saturated carbocycles. The molecule has 3 nitrogen and oxygen atoms in total. The van der Waals surface area contributed by atoms with Gasteiger partial charge in [-0.3, -0.25) is 9.59 Å². The van der Waals surface area contributed by atoms with Gasteiger partial charge in [0.15, 0.2) is 17.4 Å². The number of alkyl halides is 1. The Labute approximate surface area is 120 Å². The molecular formula is C14H14ClF2NO2. The van der Waals surface area contributed by atoms with Crippen molar-refractivity contribution in [1.82, 2.24) is 5.32 Å². The van der Waals surface area contributed by atoms with Crippen LogP contribution in [0.5, 0.6) is 0 Å². The molecule has 1 aliphatic carbocycles. The minimum Gasteiger partial charge on any atom is -0.339 e. The molecule has 1 aliphatic rings. The Morgan fingerprint density at radius 1 is 1.30 bits per heavy atom. The van der Waals surface area contributed by atoms with Crippen LogP contribution in [0.3, 0.4) is 0 Å². The predicted octanol–water partition coefficient (Wildman–Crippen LogP) is 2.66. The van der Waals surface area contributed by atoms with E-state index in [9.17, 15) is 18.4 Å². The molecule has 20 heavy (non-hydrogen) atoms. The molecule has 0 aromatic heterocycles. The molecule has 1 fully saturated rings. The second-order valence-electron chi connectivity index (χ2n) is 4.85. The Kier molecular flexibility index (Phi) is 4.38. The van der Waals surface area contributed by atoms with Gasteiger partial charge in [-0.25, -0.2) is 8.78 Å². The van der Waals surface area contributed by atoms with Crippen molar-refractivity contribution in [2.45, 2.75) is 31.2 Å². The highest BCUT2D eigenvalue weighted by molar-refractivity contribution is 6.27. The van der Waals surface area contributed by atoms with E-state index in [0.29, 0.717) is 19.3 Å². The normalized spacial score (nSPS) is 22.6. The number of nitrogens with one attached hydrogen (secondary N) is 1. The van der Waals surface area contributed by atoms with Crippen LogP contribution in [-0.4, -0.2) is 17.6 Å². The van der Waals surface area contributed by atoms with Gasteiger partial charge in [-0.05, 0) is 37.0 Å². The molecule has 0 heterocycles. The maximum atomic E-state index is 13.4. The lowest BCUT2D eigenvalue weighted by Crippen LogP contribution is -2.53. The van der Waals surface area contributed by atoms with Crippen molar-refractivity contribution in [2.75, 3.05) is 5.88 Å². The topological polar surface area (TPSA) is 46.2 Å². The summed E-state index contributed by atoms with van der Waals surface area (Å²) in [5, 5.41) is 2.59. The Bertz CT molecular complexity index is 550. The predicted molar refractivity (Wildman–Crippen MR) is 70.4 cm³/mol. The van der Waals surface area contributed by atoms with E-state index in [1.54, 1.807) is 0 Å². The largest absolute Gasteiger partial charge is 0.339 e. The third-order valence-electron chi connectivity index (χ3n) is 3.57. The SMILES string of the molecule is O=C(CCl)NC1(c2ccc(F)c(F)c2)CCCCC1=O. The lowest BCUT2D eigenvalue weighted by Gasteiger charge is -2.37. The molecule has 0 radical (unpaired) electrons. The lowest BCUT2D eigenvalue weighted by molar-refractivity contribution is -0.133. The van der Waals surface area contributed by atoms with Crippen LogP contribution < -0.4 is 5.32 Å². The second kappa shape index (κ2) is 5.87. The van der Waals surface area contributed by atoms with Crippen molar-refractivity contribution < 1.29 is 18.4 Å². The van der Waals surface area contributed by atoms with E-state index in [1.165, 1.54) is 6.07 Å². The number of Topliss-reactive ketones (excluding diaryl/α,β-unsaturated/α-hetero) is 1. The average molecular weight is 302 g/mol. The van der Waals surface area contributed by atoms with Crippen molar-refractivity contribution in [3.8, 4) is 0 Å². The molecule has 1 unspecified atom stereocenters. The Hall–Kier alpha value is -1.49. The maximum absolute atomic E-state index is 13.4. The molecule has 0 spiro atoms. The molecule has 0 bridgehead atoms. The first kappa shape index (κ1) is 14.9. The van der Waals surface area contributed by atoms with Crippen molar-refractivity contribution in [2.24, 2.45) is 0 Å². The highest BCUT2D eigenvalue weighted by Crippen LogP contribution is 2.35. The summed E-state index contributed by atoms with van der Waals surface area (Å²) in [6.07, 6.45) is 2.09. The Balaban J connectivity index is 2.47. The van der Waals surface area contributed by atoms with E-state index in [4.69, 9.17) is 11.6 Å². The molecular weight excluding hydrogens is 288 g/mol. The van der Waals surface area contributed by atoms with Crippen LogP contribution in [0, 0.1) is 11.6 Å². The van der Waals surface area contributed by atoms with Gasteiger partial charge in [-0.1, -0.05) is 6.07 Å². The molecule has 0 aliphatic heterocycles. The summed E-state index contributed by atoms with van der Waals surface area (Å²) in [5.74, 6) is -3.03. The van der Waals surface area contributed by atoms with Gasteiger partial charge in [-0.2, -0.15) is 0 Å². The zero-order chi connectivity index (χ0) is 14.8. The fraction of sp³-hybridized carbons (Fsp3) is 0.429. The Morgan fingerprint density at radius 3 is 2.65 bits per heavy atom. The van der Waals surface area contributed by atoms with E-state index in [1.807, 2.05) is 0 Å². The van der Waals surface area contributed by atoms with Gasteiger partial charge in [-0.15, -0.1) is 11.6 Å². The monoisotopic (exact) mass is 301 g/mol. The summed E-state index contributed by atoms with van der Waals surface area (Å²) in [6, 6.07) is 3.25. The third-order valence-corrected chi connectivity index (χ3v) is 3.81. The highest BCUT2D eigenvalue weighted by Gasteiger charge is 2.42. The third kappa shape index (κ3) is 2.68. The summed E-state index contributed by atoms with van der Waals surface area (Å²) in [4.78, 5) is 23.9. The molecule has 1 amide bonds. The zero-order valence-electron chi connectivity index (χ0n) is 10.7. The molecule has 0 saturated heterocycles. The molecule has 6 heteroatoms. The van der Waals surface area contributed by atoms with Crippen LogP contribution in [0.4, 0.5) is 8.78 Å². The van der Waals surface area contributed by atoms with Crippen molar-refractivity contribution in [1.29, 1.82) is 0 Å². The fourth-order valence-electron chi connectivity index (χ4n) is 2.57. The van der Waals surface area contributed by atoms with Crippen molar-refractivity contribution in [3.05, 3.63) is 35.4 Å². The van der Waals surface area contributed by atoms with E-state index >= 15 is 0 Å². The van der Waals surface area contributed by atoms with E-state index in [2.05, 4.69) is 5.32 Å². The molecule has 1 N–H and O–H groups in total. The van der Waals surface area contributed by atoms with Crippen molar-refractivity contribution >= 4 is 23.3 Å². The number of amides is 1. The summed E-state index contributed by atoms with van der Waals surface area (Å²) < 4.78 is 26.5. The summed E-state index contributed by atoms with van der Waals surface area (Å²) in [6.45, 7) is 0. The summed E-state index contributed by atoms with van der Waals surface area (Å²) in [7, 11) is 0. The smallest absolute Gasteiger partial charge is 0.235 e. The van der Waals surface area contributed by atoms with Crippen LogP contribution in [-0.2, 0) is 15.1 Å². The molecule has 2 rings (SSSR count). The van der Waals surface area contributed by atoms with Crippen LogP contribution in [0.15, 0.2) is 18.2 Å². The van der Waals surface area contributed by atoms with Gasteiger partial charge < -0.3 is 5.32 Å². The number of halogens is 3. The lowest BCUT2D eigenvalue weighted by atomic mass is 9.75. The first-order valence-corrected chi connectivity index (χ1v) is 6.89. The molecule has 1 aromatic carbocycles. The number of carbonyl (C=O) groups excluding carboxylic acids is 2. The standard InChI is InChI=1S/C14H14ClF2NO2/c15-8-13(20)18-14(6-2-1-3-12(14)19)9-4-5-10(16)11(17)7-9/h4-5,7H,1-3,6,8H2,(H,18,20). The number of rotatable bonds is 3. The highest BCUT2D eigenvalue weighted by atomic mass is 35.5. The summed E-state index contributed by atoms with van der Waals surface area (Å²) in [5.41, 5.74) is -1.03. The first-order valence-electron chi connectivity index (χ1n) is 6.35. The second-order valence-corrected chi connectivity index (χ2v) is 5.11. The number of ketones is 1. The maximum Gasteiger partial charge on any atom is 0.235 e. The number of carbonyl (C=O) groups is 2. The minimum atomic E-state index is -1.29. The van der Waals surface area contributed by atoms with Gasteiger partial charge in [0.05, 0.1) is 0 Å². The van der Waals surface area contributed by atoms with E-state index in [0.717, 1.165) is 18.6 Å². The number of hydrogen-bond donors (Lipinski definition) is 1. The fourth-order valence-corrected chi connectivity index (χ4v) is 2.64. The van der Waals surface area contributed by atoms with Gasteiger partial charge >= 0.3 is 0 Å². The van der Waals surface area contributed by atoms with Gasteiger partial charge in [0.25, 0.3) is 0 Å². The van der Waals surface area contributed by atoms with E-state index < -0.39 is 23.1 Å². The van der Waals surface area contributed by atoms with Gasteiger partial charge in [0, 0.05) is 6.42 Å². The molecule has 1 atom stereocenters. The van der Waals surface area contributed by atoms with E-state index in [-0.39, 0.29) is 17.2 Å². The molecule has 108 valence electrons. The van der Waals surface area contributed by atoms with Crippen LogP contribution in [0.1, 0.15) is 31.2 Å².